The Bertz CT molecular complexity index is 706. The highest BCUT2D eigenvalue weighted by Gasteiger charge is 2.39. The average molecular weight is 349 g/mol. The van der Waals surface area contributed by atoms with Gasteiger partial charge in [0.05, 0.1) is 5.54 Å². The van der Waals surface area contributed by atoms with Gasteiger partial charge in [0, 0.05) is 6.54 Å². The van der Waals surface area contributed by atoms with E-state index in [1.54, 1.807) is 0 Å². The maximum Gasteiger partial charge on any atom is 0.411 e. The second kappa shape index (κ2) is 8.70. The van der Waals surface area contributed by atoms with Crippen molar-refractivity contribution >= 4 is 6.09 Å². The SMILES string of the molecule is C=CC1(N(Cc2ccccc2)C(=O)OCc2ccccc2)CCCCC1. The maximum atomic E-state index is 13.0. The third-order valence-corrected chi connectivity index (χ3v) is 5.25. The molecule has 26 heavy (non-hydrogen) atoms. The zero-order valence-corrected chi connectivity index (χ0v) is 15.3. The fourth-order valence-corrected chi connectivity index (χ4v) is 3.72. The quantitative estimate of drug-likeness (QED) is 0.625. The third-order valence-electron chi connectivity index (χ3n) is 5.25. The van der Waals surface area contributed by atoms with Gasteiger partial charge in [-0.25, -0.2) is 4.79 Å². The van der Waals surface area contributed by atoms with E-state index in [2.05, 4.69) is 18.7 Å². The lowest BCUT2D eigenvalue weighted by Crippen LogP contribution is -2.51. The molecule has 136 valence electrons. The summed E-state index contributed by atoms with van der Waals surface area (Å²) in [6.07, 6.45) is 7.03. The summed E-state index contributed by atoms with van der Waals surface area (Å²) in [4.78, 5) is 14.9. The van der Waals surface area contributed by atoms with E-state index in [0.29, 0.717) is 6.54 Å². The lowest BCUT2D eigenvalue weighted by molar-refractivity contribution is 0.0427. The van der Waals surface area contributed by atoms with Gasteiger partial charge in [-0.3, -0.25) is 4.90 Å². The van der Waals surface area contributed by atoms with E-state index in [0.717, 1.165) is 36.8 Å². The van der Waals surface area contributed by atoms with Crippen LogP contribution in [0, 0.1) is 0 Å². The third kappa shape index (κ3) is 4.34. The molecule has 0 N–H and O–H groups in total. The van der Waals surface area contributed by atoms with Crippen molar-refractivity contribution in [2.75, 3.05) is 0 Å². The van der Waals surface area contributed by atoms with E-state index in [-0.39, 0.29) is 18.2 Å². The van der Waals surface area contributed by atoms with Gasteiger partial charge in [-0.15, -0.1) is 6.58 Å². The molecule has 3 heteroatoms. The molecular formula is C23H27NO2. The molecular weight excluding hydrogens is 322 g/mol. The van der Waals surface area contributed by atoms with E-state index in [1.807, 2.05) is 59.5 Å². The van der Waals surface area contributed by atoms with Crippen molar-refractivity contribution < 1.29 is 9.53 Å². The molecule has 0 saturated heterocycles. The van der Waals surface area contributed by atoms with Gasteiger partial charge in [-0.2, -0.15) is 0 Å². The van der Waals surface area contributed by atoms with Crippen molar-refractivity contribution in [3.8, 4) is 0 Å². The molecule has 2 aromatic carbocycles. The maximum absolute atomic E-state index is 13.0. The molecule has 0 radical (unpaired) electrons. The molecule has 1 aliphatic carbocycles. The number of hydrogen-bond acceptors (Lipinski definition) is 2. The number of hydrogen-bond donors (Lipinski definition) is 0. The zero-order valence-electron chi connectivity index (χ0n) is 15.3. The van der Waals surface area contributed by atoms with E-state index in [1.165, 1.54) is 6.42 Å². The standard InChI is InChI=1S/C23H27NO2/c1-2-23(16-10-5-11-17-23)24(18-20-12-6-3-7-13-20)22(25)26-19-21-14-8-4-9-15-21/h2-4,6-9,12-15H,1,5,10-11,16-19H2. The molecule has 2 aromatic rings. The largest absolute Gasteiger partial charge is 0.445 e. The van der Waals surface area contributed by atoms with Crippen LogP contribution < -0.4 is 0 Å². The van der Waals surface area contributed by atoms with Crippen molar-refractivity contribution in [3.05, 3.63) is 84.4 Å². The van der Waals surface area contributed by atoms with Crippen molar-refractivity contribution in [3.63, 3.8) is 0 Å². The van der Waals surface area contributed by atoms with Crippen LogP contribution in [0.2, 0.25) is 0 Å². The van der Waals surface area contributed by atoms with Gasteiger partial charge in [-0.05, 0) is 24.0 Å². The fraction of sp³-hybridized carbons (Fsp3) is 0.348. The average Bonchev–Trinajstić information content (AvgIpc) is 2.72. The number of carbonyl (C=O) groups is 1. The first-order valence-electron chi connectivity index (χ1n) is 9.39. The van der Waals surface area contributed by atoms with Crippen LogP contribution in [0.25, 0.3) is 0 Å². The molecule has 0 aromatic heterocycles. The number of nitrogens with zero attached hydrogens (tertiary/aromatic N) is 1. The Labute approximate surface area is 156 Å². The Morgan fingerprint density at radius 2 is 1.54 bits per heavy atom. The molecule has 3 rings (SSSR count). The lowest BCUT2D eigenvalue weighted by Gasteiger charge is -2.44. The van der Waals surface area contributed by atoms with Gasteiger partial charge < -0.3 is 4.74 Å². The Morgan fingerprint density at radius 1 is 0.962 bits per heavy atom. The summed E-state index contributed by atoms with van der Waals surface area (Å²) in [5.74, 6) is 0. The number of amides is 1. The molecule has 1 aliphatic rings. The van der Waals surface area contributed by atoms with Crippen molar-refractivity contribution in [2.24, 2.45) is 0 Å². The molecule has 0 atom stereocenters. The van der Waals surface area contributed by atoms with Crippen LogP contribution in [0.3, 0.4) is 0 Å². The highest BCUT2D eigenvalue weighted by atomic mass is 16.6. The summed E-state index contributed by atoms with van der Waals surface area (Å²) in [7, 11) is 0. The first-order valence-corrected chi connectivity index (χ1v) is 9.39. The van der Waals surface area contributed by atoms with Crippen LogP contribution in [-0.2, 0) is 17.9 Å². The highest BCUT2D eigenvalue weighted by molar-refractivity contribution is 5.69. The molecule has 0 aliphatic heterocycles. The Hall–Kier alpha value is -2.55. The summed E-state index contributed by atoms with van der Waals surface area (Å²) in [6.45, 7) is 4.90. The first kappa shape index (κ1) is 18.2. The number of ether oxygens (including phenoxy) is 1. The summed E-state index contributed by atoms with van der Waals surface area (Å²) < 4.78 is 5.68. The minimum atomic E-state index is -0.318. The summed E-state index contributed by atoms with van der Waals surface area (Å²) in [6, 6.07) is 19.9. The molecule has 1 amide bonds. The van der Waals surface area contributed by atoms with Gasteiger partial charge in [0.2, 0.25) is 0 Å². The molecule has 0 heterocycles. The van der Waals surface area contributed by atoms with E-state index in [4.69, 9.17) is 4.74 Å². The predicted octanol–water partition coefficient (Wildman–Crippen LogP) is 5.71. The van der Waals surface area contributed by atoms with Crippen molar-refractivity contribution in [1.29, 1.82) is 0 Å². The van der Waals surface area contributed by atoms with Crippen LogP contribution in [0.1, 0.15) is 43.2 Å². The zero-order chi connectivity index (χ0) is 18.2. The number of rotatable bonds is 6. The molecule has 3 nitrogen and oxygen atoms in total. The second-order valence-corrected chi connectivity index (χ2v) is 6.98. The summed E-state index contributed by atoms with van der Waals surface area (Å²) >= 11 is 0. The van der Waals surface area contributed by atoms with Gasteiger partial charge in [0.1, 0.15) is 6.61 Å². The molecule has 0 spiro atoms. The fourth-order valence-electron chi connectivity index (χ4n) is 3.72. The Balaban J connectivity index is 1.79. The van der Waals surface area contributed by atoms with Crippen LogP contribution in [0.15, 0.2) is 73.3 Å². The van der Waals surface area contributed by atoms with Crippen molar-refractivity contribution in [1.82, 2.24) is 4.90 Å². The van der Waals surface area contributed by atoms with E-state index in [9.17, 15) is 4.79 Å². The second-order valence-electron chi connectivity index (χ2n) is 6.98. The van der Waals surface area contributed by atoms with Gasteiger partial charge >= 0.3 is 6.09 Å². The van der Waals surface area contributed by atoms with Gasteiger partial charge in [0.25, 0.3) is 0 Å². The van der Waals surface area contributed by atoms with Gasteiger partial charge in [0.15, 0.2) is 0 Å². The lowest BCUT2D eigenvalue weighted by atomic mass is 9.80. The summed E-state index contributed by atoms with van der Waals surface area (Å²) in [5.41, 5.74) is 1.79. The predicted molar refractivity (Wildman–Crippen MR) is 105 cm³/mol. The number of benzene rings is 2. The van der Waals surface area contributed by atoms with Crippen LogP contribution >= 0.6 is 0 Å². The molecule has 1 fully saturated rings. The molecule has 1 saturated carbocycles. The molecule has 0 unspecified atom stereocenters. The highest BCUT2D eigenvalue weighted by Crippen LogP contribution is 2.36. The van der Waals surface area contributed by atoms with E-state index < -0.39 is 0 Å². The number of carbonyl (C=O) groups excluding carboxylic acids is 1. The van der Waals surface area contributed by atoms with Gasteiger partial charge in [-0.1, -0.05) is 86.0 Å². The Kier molecular flexibility index (Phi) is 6.11. The first-order chi connectivity index (χ1) is 12.7. The minimum Gasteiger partial charge on any atom is -0.445 e. The Morgan fingerprint density at radius 3 is 2.12 bits per heavy atom. The van der Waals surface area contributed by atoms with Crippen LogP contribution in [-0.4, -0.2) is 16.5 Å². The van der Waals surface area contributed by atoms with Crippen LogP contribution in [0.4, 0.5) is 4.79 Å². The normalized spacial score (nSPS) is 15.8. The van der Waals surface area contributed by atoms with Crippen molar-refractivity contribution in [2.45, 2.75) is 50.8 Å². The summed E-state index contributed by atoms with van der Waals surface area (Å²) in [5, 5.41) is 0. The monoisotopic (exact) mass is 349 g/mol. The topological polar surface area (TPSA) is 29.5 Å². The van der Waals surface area contributed by atoms with Crippen LogP contribution in [0.5, 0.6) is 0 Å². The molecule has 0 bridgehead atoms. The smallest absolute Gasteiger partial charge is 0.411 e. The van der Waals surface area contributed by atoms with E-state index >= 15 is 0 Å². The minimum absolute atomic E-state index is 0.264.